The number of aromatic nitrogens is 2. The lowest BCUT2D eigenvalue weighted by molar-refractivity contribution is 0.102. The van der Waals surface area contributed by atoms with E-state index in [1.54, 1.807) is 0 Å². The summed E-state index contributed by atoms with van der Waals surface area (Å²) in [4.78, 5) is 22.9. The number of carbonyl (C=O) groups excluding carboxylic acids is 1. The number of methoxy groups -OCH3 is 2. The van der Waals surface area contributed by atoms with Gasteiger partial charge in [-0.1, -0.05) is 11.6 Å². The first kappa shape index (κ1) is 14.0. The first-order valence-electron chi connectivity index (χ1n) is 5.55. The summed E-state index contributed by atoms with van der Waals surface area (Å²) >= 11 is 5.97. The van der Waals surface area contributed by atoms with E-state index < -0.39 is 11.5 Å². The maximum absolute atomic E-state index is 11.9. The van der Waals surface area contributed by atoms with Crippen LogP contribution in [0.25, 0.3) is 0 Å². The fraction of sp³-hybridized carbons (Fsp3) is 0.167. The van der Waals surface area contributed by atoms with Crippen LogP contribution in [0.5, 0.6) is 11.5 Å². The second-order valence-electron chi connectivity index (χ2n) is 3.81. The molecule has 8 heteroatoms. The lowest BCUT2D eigenvalue weighted by Crippen LogP contribution is -2.13. The van der Waals surface area contributed by atoms with Crippen LogP contribution in [-0.4, -0.2) is 30.3 Å². The number of carbonyl (C=O) groups is 1. The first-order valence-corrected chi connectivity index (χ1v) is 5.93. The van der Waals surface area contributed by atoms with Crippen LogP contribution in [0.2, 0.25) is 5.02 Å². The summed E-state index contributed by atoms with van der Waals surface area (Å²) in [6, 6.07) is 4.20. The Morgan fingerprint density at radius 3 is 2.40 bits per heavy atom. The van der Waals surface area contributed by atoms with E-state index in [9.17, 15) is 9.59 Å². The number of ether oxygens (including phenoxy) is 2. The van der Waals surface area contributed by atoms with E-state index in [1.165, 1.54) is 26.4 Å². The molecule has 2 rings (SSSR count). The van der Waals surface area contributed by atoms with Gasteiger partial charge in [-0.25, -0.2) is 0 Å². The molecule has 7 nitrogen and oxygen atoms in total. The molecular weight excluding hydrogens is 286 g/mol. The van der Waals surface area contributed by atoms with Crippen LogP contribution in [0.4, 0.5) is 5.69 Å². The summed E-state index contributed by atoms with van der Waals surface area (Å²) in [5.41, 5.74) is 0.0857. The molecule has 0 aliphatic rings. The van der Waals surface area contributed by atoms with Crippen LogP contribution in [0.3, 0.4) is 0 Å². The van der Waals surface area contributed by atoms with Crippen molar-refractivity contribution in [2.45, 2.75) is 0 Å². The molecule has 1 aromatic heterocycles. The zero-order chi connectivity index (χ0) is 14.7. The van der Waals surface area contributed by atoms with E-state index in [-0.39, 0.29) is 5.69 Å². The van der Waals surface area contributed by atoms with Crippen LogP contribution >= 0.6 is 11.6 Å². The molecule has 0 radical (unpaired) electrons. The fourth-order valence-corrected chi connectivity index (χ4v) is 1.83. The second-order valence-corrected chi connectivity index (χ2v) is 4.22. The number of rotatable bonds is 4. The highest BCUT2D eigenvalue weighted by Gasteiger charge is 2.14. The van der Waals surface area contributed by atoms with Crippen molar-refractivity contribution >= 4 is 23.2 Å². The molecule has 0 aliphatic carbocycles. The molecule has 1 amide bonds. The number of benzene rings is 1. The average molecular weight is 298 g/mol. The predicted octanol–water partition coefficient (Wildman–Crippen LogP) is 1.63. The van der Waals surface area contributed by atoms with Gasteiger partial charge in [0.1, 0.15) is 17.2 Å². The lowest BCUT2D eigenvalue weighted by atomic mass is 10.2. The Labute approximate surface area is 118 Å². The first-order chi connectivity index (χ1) is 9.55. The SMILES string of the molecule is COc1cc(NC(=O)c2cc(=O)[nH][nH]2)c(OC)cc1Cl. The monoisotopic (exact) mass is 297 g/mol. The van der Waals surface area contributed by atoms with Gasteiger partial charge in [-0.2, -0.15) is 0 Å². The Morgan fingerprint density at radius 1 is 1.15 bits per heavy atom. The van der Waals surface area contributed by atoms with Gasteiger partial charge in [0.05, 0.1) is 24.9 Å². The van der Waals surface area contributed by atoms with Gasteiger partial charge in [-0.05, 0) is 0 Å². The Balaban J connectivity index is 2.32. The van der Waals surface area contributed by atoms with Gasteiger partial charge in [0.2, 0.25) is 0 Å². The van der Waals surface area contributed by atoms with Gasteiger partial charge in [0.25, 0.3) is 11.5 Å². The van der Waals surface area contributed by atoms with Crippen molar-refractivity contribution in [1.82, 2.24) is 10.2 Å². The summed E-state index contributed by atoms with van der Waals surface area (Å²) in [5, 5.41) is 7.69. The minimum absolute atomic E-state index is 0.103. The van der Waals surface area contributed by atoms with Gasteiger partial charge in [0.15, 0.2) is 0 Å². The second kappa shape index (κ2) is 5.70. The maximum Gasteiger partial charge on any atom is 0.273 e. The lowest BCUT2D eigenvalue weighted by Gasteiger charge is -2.12. The van der Waals surface area contributed by atoms with Crippen molar-refractivity contribution in [2.75, 3.05) is 19.5 Å². The van der Waals surface area contributed by atoms with E-state index in [0.717, 1.165) is 6.07 Å². The topological polar surface area (TPSA) is 96.2 Å². The van der Waals surface area contributed by atoms with E-state index in [0.29, 0.717) is 22.2 Å². The van der Waals surface area contributed by atoms with Gasteiger partial charge >= 0.3 is 0 Å². The Hall–Kier alpha value is -2.41. The van der Waals surface area contributed by atoms with Gasteiger partial charge in [-0.3, -0.25) is 19.8 Å². The number of anilines is 1. The third-order valence-electron chi connectivity index (χ3n) is 2.56. The van der Waals surface area contributed by atoms with Crippen molar-refractivity contribution in [3.05, 3.63) is 39.3 Å². The van der Waals surface area contributed by atoms with Crippen molar-refractivity contribution < 1.29 is 14.3 Å². The summed E-state index contributed by atoms with van der Waals surface area (Å²) in [5.74, 6) is 0.276. The molecule has 0 aliphatic heterocycles. The van der Waals surface area contributed by atoms with Gasteiger partial charge in [-0.15, -0.1) is 0 Å². The molecule has 0 bridgehead atoms. The number of nitrogens with one attached hydrogen (secondary N) is 3. The molecule has 1 aromatic carbocycles. The van der Waals surface area contributed by atoms with Crippen LogP contribution < -0.4 is 20.3 Å². The summed E-state index contributed by atoms with van der Waals surface area (Å²) in [7, 11) is 2.91. The van der Waals surface area contributed by atoms with Crippen molar-refractivity contribution in [3.63, 3.8) is 0 Å². The van der Waals surface area contributed by atoms with Crippen molar-refractivity contribution in [1.29, 1.82) is 0 Å². The fourth-order valence-electron chi connectivity index (χ4n) is 1.60. The van der Waals surface area contributed by atoms with E-state index in [2.05, 4.69) is 15.5 Å². The standard InChI is InChI=1S/C12H12ClN3O4/c1-19-9-4-7(10(20-2)3-6(9)13)14-12(18)8-5-11(17)16-15-8/h3-5H,1-2H3,(H,14,18)(H2,15,16,17). The van der Waals surface area contributed by atoms with Gasteiger partial charge in [0, 0.05) is 18.2 Å². The quantitative estimate of drug-likeness (QED) is 0.799. The number of hydrogen-bond donors (Lipinski definition) is 3. The number of aromatic amines is 2. The minimum Gasteiger partial charge on any atom is -0.495 e. The number of hydrogen-bond acceptors (Lipinski definition) is 4. The van der Waals surface area contributed by atoms with Crippen LogP contribution in [0.1, 0.15) is 10.5 Å². The number of halogens is 1. The molecule has 2 aromatic rings. The van der Waals surface area contributed by atoms with Crippen molar-refractivity contribution in [2.24, 2.45) is 0 Å². The zero-order valence-corrected chi connectivity index (χ0v) is 11.5. The molecule has 0 spiro atoms. The summed E-state index contributed by atoms with van der Waals surface area (Å²) in [6.45, 7) is 0. The van der Waals surface area contributed by atoms with E-state index in [1.807, 2.05) is 0 Å². The highest BCUT2D eigenvalue weighted by Crippen LogP contribution is 2.35. The largest absolute Gasteiger partial charge is 0.495 e. The van der Waals surface area contributed by atoms with Crippen molar-refractivity contribution in [3.8, 4) is 11.5 Å². The molecule has 0 saturated heterocycles. The smallest absolute Gasteiger partial charge is 0.273 e. The zero-order valence-electron chi connectivity index (χ0n) is 10.7. The number of amides is 1. The minimum atomic E-state index is -0.494. The predicted molar refractivity (Wildman–Crippen MR) is 73.9 cm³/mol. The molecule has 0 atom stereocenters. The summed E-state index contributed by atoms with van der Waals surface area (Å²) in [6.07, 6.45) is 0. The Bertz CT molecular complexity index is 692. The van der Waals surface area contributed by atoms with E-state index >= 15 is 0 Å². The normalized spacial score (nSPS) is 10.2. The molecule has 106 valence electrons. The molecule has 3 N–H and O–H groups in total. The average Bonchev–Trinajstić information content (AvgIpc) is 2.87. The van der Waals surface area contributed by atoms with Crippen LogP contribution in [-0.2, 0) is 0 Å². The van der Waals surface area contributed by atoms with Gasteiger partial charge < -0.3 is 14.8 Å². The van der Waals surface area contributed by atoms with Crippen LogP contribution in [0.15, 0.2) is 23.0 Å². The molecule has 0 saturated carbocycles. The molecular formula is C12H12ClN3O4. The Kier molecular flexibility index (Phi) is 3.99. The Morgan fingerprint density at radius 2 is 1.85 bits per heavy atom. The highest BCUT2D eigenvalue weighted by molar-refractivity contribution is 6.32. The molecule has 0 fully saturated rings. The van der Waals surface area contributed by atoms with E-state index in [4.69, 9.17) is 21.1 Å². The number of H-pyrrole nitrogens is 2. The molecule has 1 heterocycles. The third-order valence-corrected chi connectivity index (χ3v) is 2.86. The van der Waals surface area contributed by atoms with Crippen LogP contribution in [0, 0.1) is 0 Å². The third kappa shape index (κ3) is 2.77. The molecule has 0 unspecified atom stereocenters. The summed E-state index contributed by atoms with van der Waals surface area (Å²) < 4.78 is 10.2. The molecule has 20 heavy (non-hydrogen) atoms. The highest BCUT2D eigenvalue weighted by atomic mass is 35.5. The maximum atomic E-state index is 11.9.